The molecule has 0 unspecified atom stereocenters. The molecule has 0 aliphatic rings. The number of hydrogen-bond donors (Lipinski definition) is 0. The number of likely N-dealkylation sites (N-methyl/N-ethyl adjacent to an activating group) is 1. The summed E-state index contributed by atoms with van der Waals surface area (Å²) in [7, 11) is 1.72. The van der Waals surface area contributed by atoms with E-state index in [1.54, 1.807) is 30.1 Å². The van der Waals surface area contributed by atoms with E-state index in [-0.39, 0.29) is 18.3 Å². The van der Waals surface area contributed by atoms with E-state index >= 15 is 0 Å². The predicted octanol–water partition coefficient (Wildman–Crippen LogP) is 4.69. The van der Waals surface area contributed by atoms with Crippen molar-refractivity contribution in [3.05, 3.63) is 77.1 Å². The summed E-state index contributed by atoms with van der Waals surface area (Å²) >= 11 is 1.42. The lowest BCUT2D eigenvalue weighted by Crippen LogP contribution is -2.30. The smallest absolute Gasteiger partial charge is 0.263 e. The summed E-state index contributed by atoms with van der Waals surface area (Å²) in [5.41, 5.74) is 1.84. The maximum Gasteiger partial charge on any atom is 0.263 e. The van der Waals surface area contributed by atoms with Crippen LogP contribution in [-0.2, 0) is 0 Å². The van der Waals surface area contributed by atoms with Crippen molar-refractivity contribution in [1.82, 2.24) is 14.7 Å². The maximum absolute atomic E-state index is 13.6. The van der Waals surface area contributed by atoms with Gasteiger partial charge in [-0.2, -0.15) is 5.10 Å². The van der Waals surface area contributed by atoms with E-state index < -0.39 is 5.82 Å². The molecule has 2 heterocycles. The molecule has 4 rings (SSSR count). The lowest BCUT2D eigenvalue weighted by atomic mass is 10.3. The van der Waals surface area contributed by atoms with Crippen LogP contribution < -0.4 is 4.74 Å². The van der Waals surface area contributed by atoms with Crippen LogP contribution in [0.2, 0.25) is 0 Å². The first-order chi connectivity index (χ1) is 14.0. The summed E-state index contributed by atoms with van der Waals surface area (Å²) in [5, 5.41) is 5.57. The number of fused-ring (bicyclic) bond motifs is 1. The largest absolute Gasteiger partial charge is 0.489 e. The number of benzene rings is 2. The zero-order valence-corrected chi connectivity index (χ0v) is 16.9. The van der Waals surface area contributed by atoms with E-state index in [1.165, 1.54) is 17.4 Å². The van der Waals surface area contributed by atoms with Gasteiger partial charge in [0.1, 0.15) is 11.4 Å². The van der Waals surface area contributed by atoms with Crippen LogP contribution in [0.3, 0.4) is 0 Å². The van der Waals surface area contributed by atoms with Crippen LogP contribution in [0.4, 0.5) is 4.39 Å². The Kier molecular flexibility index (Phi) is 5.31. The Bertz CT molecular complexity index is 1150. The number of amides is 1. The molecule has 0 atom stereocenters. The third kappa shape index (κ3) is 3.86. The summed E-state index contributed by atoms with van der Waals surface area (Å²) in [6, 6.07) is 18.0. The lowest BCUT2D eigenvalue weighted by molar-refractivity contribution is 0.0777. The van der Waals surface area contributed by atoms with Crippen LogP contribution in [0.5, 0.6) is 5.75 Å². The molecule has 29 heavy (non-hydrogen) atoms. The number of halogens is 1. The highest BCUT2D eigenvalue weighted by Crippen LogP contribution is 2.31. The van der Waals surface area contributed by atoms with Crippen LogP contribution in [0, 0.1) is 12.7 Å². The molecule has 2 aromatic heterocycles. The number of nitrogens with zero attached hydrogens (tertiary/aromatic N) is 3. The van der Waals surface area contributed by atoms with Gasteiger partial charge in [0.05, 0.1) is 22.8 Å². The van der Waals surface area contributed by atoms with Crippen LogP contribution in [-0.4, -0.2) is 40.8 Å². The highest BCUT2D eigenvalue weighted by atomic mass is 32.1. The standard InChI is InChI=1S/C22H20FN3O2S/c1-15-17-14-20(29-22(17)26(24-15)16-8-4-3-5-9-16)21(27)25(2)12-13-28-19-11-7-6-10-18(19)23/h3-11,14H,12-13H2,1-2H3. The summed E-state index contributed by atoms with van der Waals surface area (Å²) < 4.78 is 20.9. The van der Waals surface area contributed by atoms with E-state index in [0.717, 1.165) is 21.6 Å². The highest BCUT2D eigenvalue weighted by Gasteiger charge is 2.19. The Morgan fingerprint density at radius 1 is 1.17 bits per heavy atom. The minimum atomic E-state index is -0.410. The van der Waals surface area contributed by atoms with Crippen LogP contribution in [0.15, 0.2) is 60.7 Å². The second-order valence-electron chi connectivity index (χ2n) is 6.67. The second kappa shape index (κ2) is 8.05. The number of hydrogen-bond acceptors (Lipinski definition) is 4. The molecule has 0 spiro atoms. The molecule has 0 bridgehead atoms. The van der Waals surface area contributed by atoms with E-state index in [2.05, 4.69) is 5.10 Å². The molecule has 2 aromatic carbocycles. The quantitative estimate of drug-likeness (QED) is 0.464. The first-order valence-electron chi connectivity index (χ1n) is 9.22. The normalized spacial score (nSPS) is 11.0. The average molecular weight is 409 g/mol. The van der Waals surface area contributed by atoms with Crippen molar-refractivity contribution >= 4 is 27.5 Å². The Morgan fingerprint density at radius 3 is 2.66 bits per heavy atom. The molecule has 0 saturated heterocycles. The Hall–Kier alpha value is -3.19. The Morgan fingerprint density at radius 2 is 1.90 bits per heavy atom. The van der Waals surface area contributed by atoms with Crippen molar-refractivity contribution in [3.63, 3.8) is 0 Å². The fourth-order valence-corrected chi connectivity index (χ4v) is 4.22. The van der Waals surface area contributed by atoms with Gasteiger partial charge in [0, 0.05) is 12.4 Å². The Labute approximate surface area is 171 Å². The number of aryl methyl sites for hydroxylation is 1. The number of rotatable bonds is 6. The van der Waals surface area contributed by atoms with E-state index in [1.807, 2.05) is 48.0 Å². The number of aromatic nitrogens is 2. The molecule has 5 nitrogen and oxygen atoms in total. The SMILES string of the molecule is Cc1nn(-c2ccccc2)c2sc(C(=O)N(C)CCOc3ccccc3F)cc12. The van der Waals surface area contributed by atoms with Crippen LogP contribution in [0.25, 0.3) is 15.9 Å². The monoisotopic (exact) mass is 409 g/mol. The molecular weight excluding hydrogens is 389 g/mol. The molecule has 0 radical (unpaired) electrons. The summed E-state index contributed by atoms with van der Waals surface area (Å²) in [6.45, 7) is 2.50. The van der Waals surface area contributed by atoms with Crippen molar-refractivity contribution in [2.75, 3.05) is 20.2 Å². The van der Waals surface area contributed by atoms with Gasteiger partial charge in [-0.25, -0.2) is 9.07 Å². The summed E-state index contributed by atoms with van der Waals surface area (Å²) in [5.74, 6) is -0.317. The second-order valence-corrected chi connectivity index (χ2v) is 7.70. The van der Waals surface area contributed by atoms with Gasteiger partial charge in [-0.1, -0.05) is 30.3 Å². The van der Waals surface area contributed by atoms with E-state index in [4.69, 9.17) is 4.74 Å². The topological polar surface area (TPSA) is 47.4 Å². The zero-order chi connectivity index (χ0) is 20.4. The molecule has 0 aliphatic carbocycles. The molecular formula is C22H20FN3O2S. The van der Waals surface area contributed by atoms with Crippen LogP contribution in [0.1, 0.15) is 15.4 Å². The predicted molar refractivity (Wildman–Crippen MR) is 113 cm³/mol. The van der Waals surface area contributed by atoms with Gasteiger partial charge in [-0.05, 0) is 37.3 Å². The number of para-hydroxylation sites is 2. The summed E-state index contributed by atoms with van der Waals surface area (Å²) in [6.07, 6.45) is 0. The first kappa shape index (κ1) is 19.1. The van der Waals surface area contributed by atoms with Gasteiger partial charge in [-0.15, -0.1) is 11.3 Å². The van der Waals surface area contributed by atoms with Gasteiger partial charge >= 0.3 is 0 Å². The molecule has 0 N–H and O–H groups in total. The number of carbonyl (C=O) groups is 1. The zero-order valence-electron chi connectivity index (χ0n) is 16.1. The maximum atomic E-state index is 13.6. The van der Waals surface area contributed by atoms with Crippen molar-refractivity contribution < 1.29 is 13.9 Å². The molecule has 4 aromatic rings. The molecule has 0 saturated carbocycles. The number of ether oxygens (including phenoxy) is 1. The Balaban J connectivity index is 1.49. The van der Waals surface area contributed by atoms with E-state index in [0.29, 0.717) is 11.4 Å². The van der Waals surface area contributed by atoms with Gasteiger partial charge in [0.2, 0.25) is 0 Å². The molecule has 1 amide bonds. The minimum Gasteiger partial charge on any atom is -0.489 e. The number of carbonyl (C=O) groups excluding carboxylic acids is 1. The van der Waals surface area contributed by atoms with Crippen molar-refractivity contribution in [3.8, 4) is 11.4 Å². The van der Waals surface area contributed by atoms with Crippen LogP contribution >= 0.6 is 11.3 Å². The molecule has 0 fully saturated rings. The van der Waals surface area contributed by atoms with Gasteiger partial charge in [-0.3, -0.25) is 4.79 Å². The van der Waals surface area contributed by atoms with Gasteiger partial charge in [0.15, 0.2) is 11.6 Å². The first-order valence-corrected chi connectivity index (χ1v) is 10.0. The molecule has 7 heteroatoms. The third-order valence-electron chi connectivity index (χ3n) is 4.62. The minimum absolute atomic E-state index is 0.0951. The molecule has 148 valence electrons. The fraction of sp³-hybridized carbons (Fsp3) is 0.182. The van der Waals surface area contributed by atoms with Crippen molar-refractivity contribution in [2.45, 2.75) is 6.92 Å². The third-order valence-corrected chi connectivity index (χ3v) is 5.72. The van der Waals surface area contributed by atoms with Gasteiger partial charge < -0.3 is 9.64 Å². The van der Waals surface area contributed by atoms with Crippen molar-refractivity contribution in [2.24, 2.45) is 0 Å². The average Bonchev–Trinajstić information content (AvgIpc) is 3.30. The molecule has 0 aliphatic heterocycles. The van der Waals surface area contributed by atoms with Gasteiger partial charge in [0.25, 0.3) is 5.91 Å². The highest BCUT2D eigenvalue weighted by molar-refractivity contribution is 7.20. The summed E-state index contributed by atoms with van der Waals surface area (Å²) in [4.78, 5) is 16.0. The number of thiophene rings is 1. The lowest BCUT2D eigenvalue weighted by Gasteiger charge is -2.16. The van der Waals surface area contributed by atoms with E-state index in [9.17, 15) is 9.18 Å². The fourth-order valence-electron chi connectivity index (χ4n) is 3.04. The van der Waals surface area contributed by atoms with Crippen molar-refractivity contribution in [1.29, 1.82) is 0 Å².